The molecule has 0 saturated heterocycles. The van der Waals surface area contributed by atoms with E-state index in [4.69, 9.17) is 4.74 Å². The second-order valence-electron chi connectivity index (χ2n) is 4.11. The van der Waals surface area contributed by atoms with Crippen molar-refractivity contribution < 1.29 is 9.66 Å². The van der Waals surface area contributed by atoms with Crippen molar-refractivity contribution in [1.29, 1.82) is 0 Å². The van der Waals surface area contributed by atoms with E-state index >= 15 is 0 Å². The third-order valence-corrected chi connectivity index (χ3v) is 2.10. The third-order valence-electron chi connectivity index (χ3n) is 2.10. The Labute approximate surface area is 95.4 Å². The van der Waals surface area contributed by atoms with Gasteiger partial charge in [-0.3, -0.25) is 10.1 Å². The van der Waals surface area contributed by atoms with Crippen LogP contribution in [0.3, 0.4) is 0 Å². The number of hydrogen-bond acceptors (Lipinski definition) is 3. The molecule has 0 spiro atoms. The fourth-order valence-electron chi connectivity index (χ4n) is 1.32. The molecular weight excluding hydrogens is 206 g/mol. The van der Waals surface area contributed by atoms with Gasteiger partial charge in [0.15, 0.2) is 5.75 Å². The minimum absolute atomic E-state index is 0.0207. The number of rotatable bonds is 4. The Kier molecular flexibility index (Phi) is 3.88. The third kappa shape index (κ3) is 2.95. The van der Waals surface area contributed by atoms with Gasteiger partial charge >= 0.3 is 5.69 Å². The zero-order chi connectivity index (χ0) is 12.3. The second-order valence-corrected chi connectivity index (χ2v) is 4.11. The Bertz CT molecular complexity index is 386. The van der Waals surface area contributed by atoms with Crippen LogP contribution in [0.5, 0.6) is 5.75 Å². The zero-order valence-corrected chi connectivity index (χ0v) is 9.98. The van der Waals surface area contributed by atoms with Gasteiger partial charge in [0.1, 0.15) is 0 Å². The molecule has 87 valence electrons. The average Bonchev–Trinajstić information content (AvgIpc) is 2.16. The molecule has 0 fully saturated rings. The summed E-state index contributed by atoms with van der Waals surface area (Å²) >= 11 is 0. The lowest BCUT2D eigenvalue weighted by Crippen LogP contribution is -2.07. The van der Waals surface area contributed by atoms with Crippen molar-refractivity contribution in [3.8, 4) is 5.75 Å². The van der Waals surface area contributed by atoms with Crippen LogP contribution in [0.4, 0.5) is 5.69 Å². The molecule has 1 radical (unpaired) electrons. The Hall–Kier alpha value is -1.58. The molecule has 4 heteroatoms. The highest BCUT2D eigenvalue weighted by Crippen LogP contribution is 2.30. The summed E-state index contributed by atoms with van der Waals surface area (Å²) in [4.78, 5) is 10.5. The van der Waals surface area contributed by atoms with Gasteiger partial charge in [-0.05, 0) is 31.4 Å². The first-order chi connectivity index (χ1) is 7.41. The summed E-state index contributed by atoms with van der Waals surface area (Å²) < 4.78 is 5.39. The predicted molar refractivity (Wildman–Crippen MR) is 62.6 cm³/mol. The topological polar surface area (TPSA) is 52.4 Å². The van der Waals surface area contributed by atoms with Crippen LogP contribution in [0, 0.1) is 16.0 Å². The fraction of sp³-hybridized carbons (Fsp3) is 0.417. The van der Waals surface area contributed by atoms with Crippen LogP contribution in [0.15, 0.2) is 18.2 Å². The van der Waals surface area contributed by atoms with Crippen molar-refractivity contribution in [3.05, 3.63) is 39.8 Å². The summed E-state index contributed by atoms with van der Waals surface area (Å²) in [6, 6.07) is 5.04. The van der Waals surface area contributed by atoms with Crippen LogP contribution in [-0.4, -0.2) is 11.0 Å². The SMILES string of the molecule is C[C](C)c1ccc(OC(C)C)c([N+](=O)[O-])c1. The summed E-state index contributed by atoms with van der Waals surface area (Å²) in [6.07, 6.45) is -0.0729. The van der Waals surface area contributed by atoms with E-state index in [0.29, 0.717) is 5.75 Å². The molecule has 1 rings (SSSR count). The average molecular weight is 222 g/mol. The summed E-state index contributed by atoms with van der Waals surface area (Å²) in [6.45, 7) is 7.52. The minimum Gasteiger partial charge on any atom is -0.484 e. The van der Waals surface area contributed by atoms with Gasteiger partial charge in [-0.1, -0.05) is 19.9 Å². The molecule has 0 saturated carbocycles. The van der Waals surface area contributed by atoms with Crippen LogP contribution in [0.2, 0.25) is 0 Å². The predicted octanol–water partition coefficient (Wildman–Crippen LogP) is 3.34. The largest absolute Gasteiger partial charge is 0.484 e. The molecule has 0 aromatic heterocycles. The van der Waals surface area contributed by atoms with Gasteiger partial charge in [-0.25, -0.2) is 0 Å². The number of hydrogen-bond donors (Lipinski definition) is 0. The quantitative estimate of drug-likeness (QED) is 0.580. The summed E-state index contributed by atoms with van der Waals surface area (Å²) in [7, 11) is 0. The summed E-state index contributed by atoms with van der Waals surface area (Å²) in [5.41, 5.74) is 0.884. The first-order valence-electron chi connectivity index (χ1n) is 5.17. The maximum absolute atomic E-state index is 10.9. The molecule has 1 aromatic carbocycles. The van der Waals surface area contributed by atoms with E-state index in [2.05, 4.69) is 0 Å². The number of nitrogens with zero attached hydrogens (tertiary/aromatic N) is 1. The van der Waals surface area contributed by atoms with E-state index < -0.39 is 4.92 Å². The lowest BCUT2D eigenvalue weighted by atomic mass is 10.0. The maximum Gasteiger partial charge on any atom is 0.311 e. The van der Waals surface area contributed by atoms with Crippen molar-refractivity contribution in [1.82, 2.24) is 0 Å². The minimum atomic E-state index is -0.413. The molecule has 0 aliphatic heterocycles. The molecule has 4 nitrogen and oxygen atoms in total. The Morgan fingerprint density at radius 3 is 2.44 bits per heavy atom. The molecule has 0 atom stereocenters. The Morgan fingerprint density at radius 1 is 1.38 bits per heavy atom. The molecule has 0 amide bonds. The fourth-order valence-corrected chi connectivity index (χ4v) is 1.32. The lowest BCUT2D eigenvalue weighted by Gasteiger charge is -2.11. The van der Waals surface area contributed by atoms with Crippen molar-refractivity contribution in [2.45, 2.75) is 33.8 Å². The van der Waals surface area contributed by atoms with Crippen LogP contribution in [0.25, 0.3) is 0 Å². The van der Waals surface area contributed by atoms with Crippen molar-refractivity contribution >= 4 is 5.69 Å². The molecular formula is C12H16NO3. The number of nitro groups is 1. The second kappa shape index (κ2) is 4.96. The molecule has 0 aliphatic rings. The summed E-state index contributed by atoms with van der Waals surface area (Å²) in [5.74, 6) is 1.36. The molecule has 0 bridgehead atoms. The van der Waals surface area contributed by atoms with E-state index in [1.165, 1.54) is 0 Å². The van der Waals surface area contributed by atoms with Gasteiger partial charge in [0, 0.05) is 6.07 Å². The molecule has 0 unspecified atom stereocenters. The molecule has 0 aliphatic carbocycles. The van der Waals surface area contributed by atoms with Crippen LogP contribution >= 0.6 is 0 Å². The smallest absolute Gasteiger partial charge is 0.311 e. The highest BCUT2D eigenvalue weighted by atomic mass is 16.6. The van der Waals surface area contributed by atoms with Gasteiger partial charge < -0.3 is 4.74 Å². The van der Waals surface area contributed by atoms with Crippen molar-refractivity contribution in [2.75, 3.05) is 0 Å². The van der Waals surface area contributed by atoms with Gasteiger partial charge in [0.2, 0.25) is 0 Å². The number of benzene rings is 1. The Morgan fingerprint density at radius 2 is 2.00 bits per heavy atom. The van der Waals surface area contributed by atoms with Gasteiger partial charge in [0.25, 0.3) is 0 Å². The normalized spacial score (nSPS) is 10.9. The van der Waals surface area contributed by atoms with Gasteiger partial charge in [0.05, 0.1) is 11.0 Å². The maximum atomic E-state index is 10.9. The first-order valence-corrected chi connectivity index (χ1v) is 5.17. The van der Waals surface area contributed by atoms with Gasteiger partial charge in [-0.15, -0.1) is 0 Å². The van der Waals surface area contributed by atoms with Crippen molar-refractivity contribution in [3.63, 3.8) is 0 Å². The van der Waals surface area contributed by atoms with E-state index in [1.54, 1.807) is 12.1 Å². The number of nitro benzene ring substituents is 1. The van der Waals surface area contributed by atoms with E-state index in [-0.39, 0.29) is 11.8 Å². The Balaban J connectivity index is 3.14. The van der Waals surface area contributed by atoms with E-state index in [9.17, 15) is 10.1 Å². The van der Waals surface area contributed by atoms with Crippen molar-refractivity contribution in [2.24, 2.45) is 0 Å². The molecule has 0 heterocycles. The van der Waals surface area contributed by atoms with E-state index in [1.807, 2.05) is 33.8 Å². The van der Waals surface area contributed by atoms with E-state index in [0.717, 1.165) is 11.5 Å². The highest BCUT2D eigenvalue weighted by molar-refractivity contribution is 5.51. The van der Waals surface area contributed by atoms with Gasteiger partial charge in [-0.2, -0.15) is 0 Å². The zero-order valence-electron chi connectivity index (χ0n) is 9.98. The highest BCUT2D eigenvalue weighted by Gasteiger charge is 2.17. The van der Waals surface area contributed by atoms with Crippen LogP contribution in [-0.2, 0) is 0 Å². The lowest BCUT2D eigenvalue weighted by molar-refractivity contribution is -0.386. The first kappa shape index (κ1) is 12.5. The molecule has 1 aromatic rings. The molecule has 0 N–H and O–H groups in total. The molecule has 16 heavy (non-hydrogen) atoms. The number of ether oxygens (including phenoxy) is 1. The summed E-state index contributed by atoms with van der Waals surface area (Å²) in [5, 5.41) is 10.9. The van der Waals surface area contributed by atoms with Crippen LogP contribution in [0.1, 0.15) is 33.3 Å². The van der Waals surface area contributed by atoms with Crippen LogP contribution < -0.4 is 4.74 Å². The standard InChI is InChI=1S/C12H16NO3/c1-8(2)10-5-6-12(16-9(3)4)11(7-10)13(14)15/h5-7,9H,1-4H3. The monoisotopic (exact) mass is 222 g/mol.